The summed E-state index contributed by atoms with van der Waals surface area (Å²) in [4.78, 5) is 11.8. The number of carbonyl (C=O) groups excluding carboxylic acids is 1. The molecule has 2 aromatic rings. The van der Waals surface area contributed by atoms with Crippen LogP contribution in [0.2, 0.25) is 0 Å². The van der Waals surface area contributed by atoms with Gasteiger partial charge in [-0.2, -0.15) is 0 Å². The van der Waals surface area contributed by atoms with Crippen LogP contribution in [0.3, 0.4) is 0 Å². The molecule has 0 aromatic heterocycles. The zero-order valence-electron chi connectivity index (χ0n) is 12.2. The van der Waals surface area contributed by atoms with Gasteiger partial charge in [0, 0.05) is 5.56 Å². The van der Waals surface area contributed by atoms with E-state index in [9.17, 15) is 13.6 Å². The molecule has 2 aromatic carbocycles. The fourth-order valence-electron chi connectivity index (χ4n) is 2.00. The van der Waals surface area contributed by atoms with Gasteiger partial charge in [-0.1, -0.05) is 25.1 Å². The average Bonchev–Trinajstić information content (AvgIpc) is 2.54. The minimum atomic E-state index is -1.04. The van der Waals surface area contributed by atoms with Crippen LogP contribution in [-0.2, 0) is 6.42 Å². The van der Waals surface area contributed by atoms with Gasteiger partial charge >= 0.3 is 0 Å². The van der Waals surface area contributed by atoms with Crippen LogP contribution in [0.4, 0.5) is 8.78 Å². The fourth-order valence-corrected chi connectivity index (χ4v) is 2.00. The summed E-state index contributed by atoms with van der Waals surface area (Å²) in [6.07, 6.45) is 0.859. The molecule has 1 amide bonds. The van der Waals surface area contributed by atoms with Crippen LogP contribution in [-0.4, -0.2) is 19.1 Å². The van der Waals surface area contributed by atoms with Crippen molar-refractivity contribution in [2.45, 2.75) is 13.3 Å². The van der Waals surface area contributed by atoms with Crippen molar-refractivity contribution in [3.05, 3.63) is 65.2 Å². The van der Waals surface area contributed by atoms with E-state index in [4.69, 9.17) is 4.74 Å². The Morgan fingerprint density at radius 3 is 2.64 bits per heavy atom. The second-order valence-electron chi connectivity index (χ2n) is 4.69. The maximum atomic E-state index is 13.1. The Labute approximate surface area is 127 Å². The first-order valence-electron chi connectivity index (χ1n) is 7.05. The number of hydrogen-bond acceptors (Lipinski definition) is 2. The van der Waals surface area contributed by atoms with Gasteiger partial charge in [0.15, 0.2) is 11.6 Å². The highest BCUT2D eigenvalue weighted by Crippen LogP contribution is 2.17. The minimum absolute atomic E-state index is 0.0767. The first kappa shape index (κ1) is 15.9. The third kappa shape index (κ3) is 4.04. The van der Waals surface area contributed by atoms with E-state index in [0.29, 0.717) is 6.61 Å². The molecule has 2 rings (SSSR count). The van der Waals surface area contributed by atoms with Crippen LogP contribution >= 0.6 is 0 Å². The highest BCUT2D eigenvalue weighted by Gasteiger charge is 2.09. The van der Waals surface area contributed by atoms with Gasteiger partial charge in [0.2, 0.25) is 0 Å². The van der Waals surface area contributed by atoms with Crippen molar-refractivity contribution in [3.63, 3.8) is 0 Å². The van der Waals surface area contributed by atoms with Gasteiger partial charge in [0.25, 0.3) is 5.91 Å². The monoisotopic (exact) mass is 305 g/mol. The molecule has 5 heteroatoms. The number of ether oxygens (including phenoxy) is 1. The number of rotatable bonds is 6. The van der Waals surface area contributed by atoms with E-state index < -0.39 is 17.5 Å². The van der Waals surface area contributed by atoms with Gasteiger partial charge in [0.1, 0.15) is 12.4 Å². The van der Waals surface area contributed by atoms with Crippen LogP contribution in [0.25, 0.3) is 0 Å². The highest BCUT2D eigenvalue weighted by atomic mass is 19.2. The smallest absolute Gasteiger partial charge is 0.251 e. The van der Waals surface area contributed by atoms with E-state index in [1.54, 1.807) is 0 Å². The largest absolute Gasteiger partial charge is 0.491 e. The maximum Gasteiger partial charge on any atom is 0.251 e. The molecule has 0 heterocycles. The Hall–Kier alpha value is -2.43. The normalized spacial score (nSPS) is 10.3. The molecule has 0 fully saturated rings. The van der Waals surface area contributed by atoms with E-state index >= 15 is 0 Å². The summed E-state index contributed by atoms with van der Waals surface area (Å²) in [7, 11) is 0. The van der Waals surface area contributed by atoms with E-state index in [1.807, 2.05) is 31.2 Å². The third-order valence-electron chi connectivity index (χ3n) is 3.18. The molecular formula is C17H17F2NO2. The van der Waals surface area contributed by atoms with Crippen molar-refractivity contribution in [1.29, 1.82) is 0 Å². The zero-order valence-corrected chi connectivity index (χ0v) is 12.2. The van der Waals surface area contributed by atoms with Crippen molar-refractivity contribution < 1.29 is 18.3 Å². The summed E-state index contributed by atoms with van der Waals surface area (Å²) in [6, 6.07) is 10.7. The average molecular weight is 305 g/mol. The second-order valence-corrected chi connectivity index (χ2v) is 4.69. The van der Waals surface area contributed by atoms with Gasteiger partial charge in [-0.15, -0.1) is 0 Å². The molecule has 0 aliphatic heterocycles. The number of para-hydroxylation sites is 1. The van der Waals surface area contributed by atoms with Crippen LogP contribution < -0.4 is 10.1 Å². The number of hydrogen-bond donors (Lipinski definition) is 1. The van der Waals surface area contributed by atoms with Crippen molar-refractivity contribution in [1.82, 2.24) is 5.32 Å². The molecule has 116 valence electrons. The predicted octanol–water partition coefficient (Wildman–Crippen LogP) is 3.34. The lowest BCUT2D eigenvalue weighted by Crippen LogP contribution is -2.28. The predicted molar refractivity (Wildman–Crippen MR) is 80.0 cm³/mol. The van der Waals surface area contributed by atoms with Crippen molar-refractivity contribution in [3.8, 4) is 5.75 Å². The molecule has 1 N–H and O–H groups in total. The van der Waals surface area contributed by atoms with Crippen LogP contribution in [0.1, 0.15) is 22.8 Å². The van der Waals surface area contributed by atoms with E-state index in [-0.39, 0.29) is 12.1 Å². The lowest BCUT2D eigenvalue weighted by atomic mass is 10.1. The molecule has 3 nitrogen and oxygen atoms in total. The first-order chi connectivity index (χ1) is 10.6. The Bertz CT molecular complexity index is 659. The molecule has 0 spiro atoms. The molecular weight excluding hydrogens is 288 g/mol. The topological polar surface area (TPSA) is 38.3 Å². The van der Waals surface area contributed by atoms with E-state index in [1.165, 1.54) is 6.07 Å². The Balaban J connectivity index is 1.83. The Morgan fingerprint density at radius 2 is 1.91 bits per heavy atom. The molecule has 0 radical (unpaired) electrons. The lowest BCUT2D eigenvalue weighted by molar-refractivity contribution is 0.0946. The summed E-state index contributed by atoms with van der Waals surface area (Å²) in [5.41, 5.74) is 1.17. The van der Waals surface area contributed by atoms with Crippen molar-refractivity contribution in [2.24, 2.45) is 0 Å². The number of amides is 1. The minimum Gasteiger partial charge on any atom is -0.491 e. The first-order valence-corrected chi connectivity index (χ1v) is 7.05. The fraction of sp³-hybridized carbons (Fsp3) is 0.235. The molecule has 0 bridgehead atoms. The summed E-state index contributed by atoms with van der Waals surface area (Å²) in [5.74, 6) is -1.70. The third-order valence-corrected chi connectivity index (χ3v) is 3.18. The summed E-state index contributed by atoms with van der Waals surface area (Å²) < 4.78 is 31.5. The van der Waals surface area contributed by atoms with E-state index in [2.05, 4.69) is 5.32 Å². The molecule has 0 saturated heterocycles. The molecule has 0 aliphatic rings. The van der Waals surface area contributed by atoms with Crippen molar-refractivity contribution >= 4 is 5.91 Å². The van der Waals surface area contributed by atoms with Gasteiger partial charge in [-0.25, -0.2) is 8.78 Å². The zero-order chi connectivity index (χ0) is 15.9. The van der Waals surface area contributed by atoms with Gasteiger partial charge in [-0.05, 0) is 36.2 Å². The summed E-state index contributed by atoms with van der Waals surface area (Å²) in [5, 5.41) is 2.60. The highest BCUT2D eigenvalue weighted by molar-refractivity contribution is 5.94. The standard InChI is InChI=1S/C17H17F2NO2/c1-2-12-5-3-4-6-16(12)22-10-9-20-17(21)13-7-8-14(18)15(19)11-13/h3-8,11H,2,9-10H2,1H3,(H,20,21). The number of aryl methyl sites for hydroxylation is 1. The van der Waals surface area contributed by atoms with Gasteiger partial charge in [0.05, 0.1) is 6.54 Å². The van der Waals surface area contributed by atoms with Gasteiger partial charge in [-0.3, -0.25) is 4.79 Å². The molecule has 0 unspecified atom stereocenters. The van der Waals surface area contributed by atoms with Crippen LogP contribution in [0, 0.1) is 11.6 Å². The summed E-state index contributed by atoms with van der Waals surface area (Å²) in [6.45, 7) is 2.61. The van der Waals surface area contributed by atoms with Gasteiger partial charge < -0.3 is 10.1 Å². The quantitative estimate of drug-likeness (QED) is 0.831. The number of nitrogens with one attached hydrogen (secondary N) is 1. The number of carbonyl (C=O) groups is 1. The maximum absolute atomic E-state index is 13.1. The van der Waals surface area contributed by atoms with Crippen molar-refractivity contribution in [2.75, 3.05) is 13.2 Å². The lowest BCUT2D eigenvalue weighted by Gasteiger charge is -2.11. The van der Waals surface area contributed by atoms with E-state index in [0.717, 1.165) is 29.9 Å². The SMILES string of the molecule is CCc1ccccc1OCCNC(=O)c1ccc(F)c(F)c1. The summed E-state index contributed by atoms with van der Waals surface area (Å²) >= 11 is 0. The second kappa shape index (κ2) is 7.54. The molecule has 0 atom stereocenters. The molecule has 22 heavy (non-hydrogen) atoms. The molecule has 0 saturated carbocycles. The number of halogens is 2. The Morgan fingerprint density at radius 1 is 1.14 bits per heavy atom. The van der Waals surface area contributed by atoms with Crippen LogP contribution in [0.15, 0.2) is 42.5 Å². The van der Waals surface area contributed by atoms with Crippen LogP contribution in [0.5, 0.6) is 5.75 Å². The molecule has 0 aliphatic carbocycles. The Kier molecular flexibility index (Phi) is 5.47. The number of benzene rings is 2.